The van der Waals surface area contributed by atoms with Crippen LogP contribution in [-0.4, -0.2) is 43.4 Å². The number of terminal acetylenes is 1. The van der Waals surface area contributed by atoms with Crippen LogP contribution in [-0.2, 0) is 0 Å². The van der Waals surface area contributed by atoms with Crippen molar-refractivity contribution in [2.75, 3.05) is 37.6 Å². The monoisotopic (exact) mass is 267 g/mol. The molecular weight excluding hydrogens is 250 g/mol. The molecular formula is C16H17N3O. The van der Waals surface area contributed by atoms with Gasteiger partial charge in [-0.25, -0.2) is 0 Å². The SMILES string of the molecule is C#CCN1CCN(c2cc(C(C)=O)ccc2C#N)CC1. The van der Waals surface area contributed by atoms with E-state index in [1.807, 2.05) is 6.07 Å². The van der Waals surface area contributed by atoms with E-state index in [1.165, 1.54) is 6.92 Å². The summed E-state index contributed by atoms with van der Waals surface area (Å²) in [6, 6.07) is 7.44. The number of ketones is 1. The Morgan fingerprint density at radius 1 is 1.35 bits per heavy atom. The third kappa shape index (κ3) is 2.99. The summed E-state index contributed by atoms with van der Waals surface area (Å²) in [5, 5.41) is 9.22. The second kappa shape index (κ2) is 6.23. The van der Waals surface area contributed by atoms with Crippen LogP contribution < -0.4 is 4.90 Å². The van der Waals surface area contributed by atoms with Crippen LogP contribution in [0.2, 0.25) is 0 Å². The molecule has 1 aromatic carbocycles. The number of rotatable bonds is 3. The number of hydrogen-bond acceptors (Lipinski definition) is 4. The van der Waals surface area contributed by atoms with Crippen LogP contribution in [0.3, 0.4) is 0 Å². The summed E-state index contributed by atoms with van der Waals surface area (Å²) in [5.41, 5.74) is 2.10. The lowest BCUT2D eigenvalue weighted by Gasteiger charge is -2.35. The van der Waals surface area contributed by atoms with Gasteiger partial charge in [0.15, 0.2) is 5.78 Å². The maximum Gasteiger partial charge on any atom is 0.159 e. The van der Waals surface area contributed by atoms with E-state index in [0.29, 0.717) is 17.7 Å². The van der Waals surface area contributed by atoms with Crippen LogP contribution in [0.5, 0.6) is 0 Å². The molecule has 0 aromatic heterocycles. The molecule has 1 aliphatic rings. The molecule has 1 aliphatic heterocycles. The van der Waals surface area contributed by atoms with Crippen molar-refractivity contribution in [3.05, 3.63) is 29.3 Å². The first-order valence-corrected chi connectivity index (χ1v) is 6.61. The van der Waals surface area contributed by atoms with E-state index in [9.17, 15) is 10.1 Å². The van der Waals surface area contributed by atoms with Gasteiger partial charge in [0.1, 0.15) is 6.07 Å². The Kier molecular flexibility index (Phi) is 4.40. The van der Waals surface area contributed by atoms with E-state index in [0.717, 1.165) is 31.9 Å². The first-order valence-electron chi connectivity index (χ1n) is 6.61. The molecule has 0 N–H and O–H groups in total. The zero-order chi connectivity index (χ0) is 14.5. The van der Waals surface area contributed by atoms with Gasteiger partial charge in [-0.1, -0.05) is 5.92 Å². The van der Waals surface area contributed by atoms with Crippen molar-refractivity contribution in [3.8, 4) is 18.4 Å². The average Bonchev–Trinajstić information content (AvgIpc) is 2.47. The summed E-state index contributed by atoms with van der Waals surface area (Å²) >= 11 is 0. The molecule has 1 fully saturated rings. The number of carbonyl (C=O) groups excluding carboxylic acids is 1. The number of Topliss-reactive ketones (excluding diaryl/α,β-unsaturated/α-hetero) is 1. The minimum absolute atomic E-state index is 0.0155. The Morgan fingerprint density at radius 3 is 2.60 bits per heavy atom. The molecule has 0 unspecified atom stereocenters. The fourth-order valence-electron chi connectivity index (χ4n) is 2.38. The molecule has 2 rings (SSSR count). The van der Waals surface area contributed by atoms with Gasteiger partial charge in [-0.05, 0) is 25.1 Å². The van der Waals surface area contributed by atoms with E-state index >= 15 is 0 Å². The van der Waals surface area contributed by atoms with Gasteiger partial charge in [0.05, 0.1) is 17.8 Å². The van der Waals surface area contributed by atoms with Crippen LogP contribution in [0.15, 0.2) is 18.2 Å². The highest BCUT2D eigenvalue weighted by Gasteiger charge is 2.19. The Balaban J connectivity index is 2.20. The van der Waals surface area contributed by atoms with E-state index in [1.54, 1.807) is 12.1 Å². The standard InChI is InChI=1S/C16H17N3O/c1-3-6-18-7-9-19(10-8-18)16-11-14(13(2)20)4-5-15(16)12-17/h1,4-5,11H,6-10H2,2H3. The van der Waals surface area contributed by atoms with Crippen molar-refractivity contribution < 1.29 is 4.79 Å². The predicted octanol–water partition coefficient (Wildman–Crippen LogP) is 1.52. The Labute approximate surface area is 119 Å². The summed E-state index contributed by atoms with van der Waals surface area (Å²) < 4.78 is 0. The molecule has 0 amide bonds. The molecule has 1 aromatic rings. The van der Waals surface area contributed by atoms with Crippen molar-refractivity contribution >= 4 is 11.5 Å². The summed E-state index contributed by atoms with van der Waals surface area (Å²) in [6.45, 7) is 5.58. The van der Waals surface area contributed by atoms with Gasteiger partial charge in [0, 0.05) is 31.7 Å². The highest BCUT2D eigenvalue weighted by Crippen LogP contribution is 2.23. The molecule has 0 saturated carbocycles. The summed E-state index contributed by atoms with van der Waals surface area (Å²) in [6.07, 6.45) is 5.32. The third-order valence-corrected chi connectivity index (χ3v) is 3.55. The molecule has 102 valence electrons. The normalized spacial score (nSPS) is 15.4. The van der Waals surface area contributed by atoms with Gasteiger partial charge in [-0.3, -0.25) is 9.69 Å². The smallest absolute Gasteiger partial charge is 0.159 e. The summed E-state index contributed by atoms with van der Waals surface area (Å²) in [5.74, 6) is 2.66. The lowest BCUT2D eigenvalue weighted by atomic mass is 10.1. The van der Waals surface area contributed by atoms with Crippen molar-refractivity contribution in [2.24, 2.45) is 0 Å². The molecule has 1 heterocycles. The number of piperazine rings is 1. The Bertz CT molecular complexity index is 587. The number of nitriles is 1. The number of anilines is 1. The molecule has 4 heteroatoms. The number of hydrogen-bond donors (Lipinski definition) is 0. The topological polar surface area (TPSA) is 47.3 Å². The van der Waals surface area contributed by atoms with Gasteiger partial charge in [0.25, 0.3) is 0 Å². The number of nitrogens with zero attached hydrogens (tertiary/aromatic N) is 3. The Morgan fingerprint density at radius 2 is 2.05 bits per heavy atom. The molecule has 1 saturated heterocycles. The quantitative estimate of drug-likeness (QED) is 0.615. The van der Waals surface area contributed by atoms with E-state index < -0.39 is 0 Å². The van der Waals surface area contributed by atoms with Gasteiger partial charge in [-0.2, -0.15) is 5.26 Å². The van der Waals surface area contributed by atoms with E-state index in [4.69, 9.17) is 6.42 Å². The maximum atomic E-state index is 11.5. The van der Waals surface area contributed by atoms with Gasteiger partial charge < -0.3 is 4.90 Å². The second-order valence-electron chi connectivity index (χ2n) is 4.87. The van der Waals surface area contributed by atoms with E-state index in [-0.39, 0.29) is 5.78 Å². The van der Waals surface area contributed by atoms with Gasteiger partial charge in [0.2, 0.25) is 0 Å². The number of benzene rings is 1. The van der Waals surface area contributed by atoms with Crippen LogP contribution in [0.25, 0.3) is 0 Å². The van der Waals surface area contributed by atoms with Gasteiger partial charge in [-0.15, -0.1) is 6.42 Å². The second-order valence-corrected chi connectivity index (χ2v) is 4.87. The molecule has 0 atom stereocenters. The minimum atomic E-state index is 0.0155. The van der Waals surface area contributed by atoms with Gasteiger partial charge >= 0.3 is 0 Å². The minimum Gasteiger partial charge on any atom is -0.368 e. The van der Waals surface area contributed by atoms with E-state index in [2.05, 4.69) is 21.8 Å². The maximum absolute atomic E-state index is 11.5. The zero-order valence-corrected chi connectivity index (χ0v) is 11.6. The van der Waals surface area contributed by atoms with Crippen LogP contribution in [0.1, 0.15) is 22.8 Å². The third-order valence-electron chi connectivity index (χ3n) is 3.55. The fraction of sp³-hybridized carbons (Fsp3) is 0.375. The molecule has 0 radical (unpaired) electrons. The fourth-order valence-corrected chi connectivity index (χ4v) is 2.38. The predicted molar refractivity (Wildman–Crippen MR) is 78.6 cm³/mol. The summed E-state index contributed by atoms with van der Waals surface area (Å²) in [4.78, 5) is 15.8. The highest BCUT2D eigenvalue weighted by atomic mass is 16.1. The first kappa shape index (κ1) is 14.1. The average molecular weight is 267 g/mol. The molecule has 20 heavy (non-hydrogen) atoms. The lowest BCUT2D eigenvalue weighted by Crippen LogP contribution is -2.46. The first-order chi connectivity index (χ1) is 9.65. The molecule has 0 aliphatic carbocycles. The van der Waals surface area contributed by atoms with Crippen LogP contribution in [0.4, 0.5) is 5.69 Å². The highest BCUT2D eigenvalue weighted by molar-refractivity contribution is 5.95. The van der Waals surface area contributed by atoms with Crippen LogP contribution >= 0.6 is 0 Å². The zero-order valence-electron chi connectivity index (χ0n) is 11.6. The van der Waals surface area contributed by atoms with Crippen molar-refractivity contribution in [2.45, 2.75) is 6.92 Å². The number of carbonyl (C=O) groups is 1. The lowest BCUT2D eigenvalue weighted by molar-refractivity contribution is 0.101. The molecule has 4 nitrogen and oxygen atoms in total. The largest absolute Gasteiger partial charge is 0.368 e. The van der Waals surface area contributed by atoms with Crippen molar-refractivity contribution in [3.63, 3.8) is 0 Å². The Hall–Kier alpha value is -2.30. The molecule has 0 spiro atoms. The van der Waals surface area contributed by atoms with Crippen molar-refractivity contribution in [1.82, 2.24) is 4.90 Å². The van der Waals surface area contributed by atoms with Crippen LogP contribution in [0, 0.1) is 23.7 Å². The van der Waals surface area contributed by atoms with Crippen molar-refractivity contribution in [1.29, 1.82) is 5.26 Å². The summed E-state index contributed by atoms with van der Waals surface area (Å²) in [7, 11) is 0. The molecule has 0 bridgehead atoms.